The Kier molecular flexibility index (Phi) is 8.30. The zero-order chi connectivity index (χ0) is 30.4. The minimum atomic E-state index is -1.49. The SMILES string of the molecule is COc1ccc(-c2cc(CCCC(C(=O)O)C(=O)O)c(/C=C3\SC(=S)N(C4C5CC6CC(C5)CC4C6)C3=O)o2)c(OC)c1. The van der Waals surface area contributed by atoms with Gasteiger partial charge >= 0.3 is 11.9 Å². The molecule has 0 unspecified atom stereocenters. The lowest BCUT2D eigenvalue weighted by molar-refractivity contribution is -0.154. The summed E-state index contributed by atoms with van der Waals surface area (Å²) in [6, 6.07) is 7.36. The summed E-state index contributed by atoms with van der Waals surface area (Å²) in [5, 5.41) is 18.6. The third-order valence-electron chi connectivity index (χ3n) is 9.61. The second-order valence-electron chi connectivity index (χ2n) is 12.2. The lowest BCUT2D eigenvalue weighted by atomic mass is 9.54. The van der Waals surface area contributed by atoms with E-state index in [1.165, 1.54) is 43.9 Å². The van der Waals surface area contributed by atoms with Crippen molar-refractivity contribution in [2.24, 2.45) is 29.6 Å². The van der Waals surface area contributed by atoms with E-state index in [9.17, 15) is 24.6 Å². The largest absolute Gasteiger partial charge is 0.497 e. The van der Waals surface area contributed by atoms with Crippen molar-refractivity contribution in [1.29, 1.82) is 0 Å². The minimum absolute atomic E-state index is 0.0367. The standard InChI is InChI=1S/C32H35NO8S2/c1-39-21-6-7-22(25(14-21)40-2)26-13-18(4-3-5-23(30(35)36)31(37)38)24(41-26)15-27-29(34)33(32(42)43-27)28-19-9-16-8-17(11-19)12-20(28)10-16/h6-7,13-17,19-20,23,28H,3-5,8-12H2,1-2H3,(H,35,36)(H,37,38)/b27-15-. The molecular weight excluding hydrogens is 590 g/mol. The molecule has 11 heteroatoms. The summed E-state index contributed by atoms with van der Waals surface area (Å²) < 4.78 is 17.8. The van der Waals surface area contributed by atoms with Crippen LogP contribution in [-0.2, 0) is 20.8 Å². The normalized spacial score (nSPS) is 27.0. The van der Waals surface area contributed by atoms with E-state index < -0.39 is 17.9 Å². The van der Waals surface area contributed by atoms with E-state index in [2.05, 4.69) is 0 Å². The second-order valence-corrected chi connectivity index (χ2v) is 13.8. The number of furan rings is 1. The molecule has 1 saturated heterocycles. The third kappa shape index (κ3) is 5.69. The molecule has 7 rings (SSSR count). The minimum Gasteiger partial charge on any atom is -0.497 e. The molecular formula is C32H35NO8S2. The van der Waals surface area contributed by atoms with Crippen LogP contribution in [0.5, 0.6) is 11.5 Å². The number of thiocarbonyl (C=S) groups is 1. The molecule has 2 N–H and O–H groups in total. The Balaban J connectivity index is 1.30. The predicted molar refractivity (Wildman–Crippen MR) is 165 cm³/mol. The van der Waals surface area contributed by atoms with Gasteiger partial charge in [-0.3, -0.25) is 19.3 Å². The quantitative estimate of drug-likeness (QED) is 0.172. The van der Waals surface area contributed by atoms with Crippen LogP contribution >= 0.6 is 24.0 Å². The number of thioether (sulfide) groups is 1. The zero-order valence-electron chi connectivity index (χ0n) is 24.1. The van der Waals surface area contributed by atoms with Crippen LogP contribution in [0.4, 0.5) is 0 Å². The number of amides is 1. The van der Waals surface area contributed by atoms with Gasteiger partial charge in [-0.2, -0.15) is 0 Å². The Labute approximate surface area is 259 Å². The van der Waals surface area contributed by atoms with E-state index in [0.717, 1.165) is 17.4 Å². The molecule has 228 valence electrons. The summed E-state index contributed by atoms with van der Waals surface area (Å²) in [4.78, 5) is 39.1. The lowest BCUT2D eigenvalue weighted by Crippen LogP contribution is -2.57. The van der Waals surface area contributed by atoms with Gasteiger partial charge in [-0.05, 0) is 98.8 Å². The highest BCUT2D eigenvalue weighted by molar-refractivity contribution is 8.26. The first-order valence-corrected chi connectivity index (χ1v) is 16.0. The molecule has 1 aromatic carbocycles. The van der Waals surface area contributed by atoms with Crippen LogP contribution in [-0.4, -0.2) is 57.5 Å². The van der Waals surface area contributed by atoms with Crippen LogP contribution in [0, 0.1) is 29.6 Å². The number of aliphatic carboxylic acids is 2. The van der Waals surface area contributed by atoms with Crippen LogP contribution in [0.25, 0.3) is 17.4 Å². The van der Waals surface area contributed by atoms with Crippen molar-refractivity contribution in [3.63, 3.8) is 0 Å². The summed E-state index contributed by atoms with van der Waals surface area (Å²) in [6.45, 7) is 0. The molecule has 0 radical (unpaired) electrons. The first-order chi connectivity index (χ1) is 20.7. The molecule has 2 heterocycles. The summed E-state index contributed by atoms with van der Waals surface area (Å²) in [5.41, 5.74) is 1.42. The van der Waals surface area contributed by atoms with Crippen LogP contribution in [0.3, 0.4) is 0 Å². The first-order valence-electron chi connectivity index (χ1n) is 14.7. The highest BCUT2D eigenvalue weighted by atomic mass is 32.2. The zero-order valence-corrected chi connectivity index (χ0v) is 25.7. The fourth-order valence-corrected chi connectivity index (χ4v) is 9.24. The van der Waals surface area contributed by atoms with Crippen LogP contribution in [0.15, 0.2) is 33.6 Å². The third-order valence-corrected chi connectivity index (χ3v) is 10.9. The highest BCUT2D eigenvalue weighted by Gasteiger charge is 2.53. The predicted octanol–water partition coefficient (Wildman–Crippen LogP) is 6.10. The van der Waals surface area contributed by atoms with Gasteiger partial charge in [-0.25, -0.2) is 0 Å². The number of hydrogen-bond donors (Lipinski definition) is 2. The maximum absolute atomic E-state index is 13.9. The molecule has 1 amide bonds. The van der Waals surface area contributed by atoms with Gasteiger partial charge in [0.15, 0.2) is 5.92 Å². The van der Waals surface area contributed by atoms with Crippen molar-refractivity contribution >= 4 is 52.2 Å². The van der Waals surface area contributed by atoms with E-state index in [1.807, 2.05) is 17.0 Å². The van der Waals surface area contributed by atoms with E-state index in [0.29, 0.717) is 62.5 Å². The highest BCUT2D eigenvalue weighted by Crippen LogP contribution is 2.56. The Morgan fingerprint density at radius 3 is 2.35 bits per heavy atom. The summed E-state index contributed by atoms with van der Waals surface area (Å²) in [6.07, 6.45) is 8.40. The summed E-state index contributed by atoms with van der Waals surface area (Å²) >= 11 is 7.08. The average Bonchev–Trinajstić information content (AvgIpc) is 3.49. The van der Waals surface area contributed by atoms with Crippen molar-refractivity contribution in [2.45, 2.75) is 57.4 Å². The number of carbonyl (C=O) groups is 3. The van der Waals surface area contributed by atoms with Gasteiger partial charge in [-0.1, -0.05) is 24.0 Å². The van der Waals surface area contributed by atoms with Crippen molar-refractivity contribution in [3.8, 4) is 22.8 Å². The molecule has 4 aliphatic carbocycles. The molecule has 4 saturated carbocycles. The number of aryl methyl sites for hydroxylation is 1. The Bertz CT molecular complexity index is 1450. The summed E-state index contributed by atoms with van der Waals surface area (Å²) in [5.74, 6) is 0.391. The number of hydrogen-bond acceptors (Lipinski definition) is 8. The number of benzene rings is 1. The van der Waals surface area contributed by atoms with E-state index in [1.54, 1.807) is 32.4 Å². The maximum Gasteiger partial charge on any atom is 0.317 e. The van der Waals surface area contributed by atoms with E-state index >= 15 is 0 Å². The Hall–Kier alpha value is -3.31. The van der Waals surface area contributed by atoms with Gasteiger partial charge in [0.05, 0.1) is 24.7 Å². The fraction of sp³-hybridized carbons (Fsp3) is 0.500. The van der Waals surface area contributed by atoms with Crippen molar-refractivity contribution < 1.29 is 38.5 Å². The number of ether oxygens (including phenoxy) is 2. The summed E-state index contributed by atoms with van der Waals surface area (Å²) in [7, 11) is 3.12. The van der Waals surface area contributed by atoms with Gasteiger partial charge in [-0.15, -0.1) is 0 Å². The molecule has 0 atom stereocenters. The van der Waals surface area contributed by atoms with Crippen molar-refractivity contribution in [3.05, 3.63) is 40.5 Å². The van der Waals surface area contributed by atoms with E-state index in [-0.39, 0.29) is 18.4 Å². The monoisotopic (exact) mass is 625 g/mol. The van der Waals surface area contributed by atoms with Crippen LogP contribution < -0.4 is 9.47 Å². The topological polar surface area (TPSA) is 127 Å². The van der Waals surface area contributed by atoms with Gasteiger partial charge in [0, 0.05) is 18.2 Å². The Morgan fingerprint density at radius 1 is 1.07 bits per heavy atom. The number of rotatable bonds is 11. The maximum atomic E-state index is 13.9. The fourth-order valence-electron chi connectivity index (χ4n) is 7.92. The van der Waals surface area contributed by atoms with Crippen LogP contribution in [0.1, 0.15) is 56.3 Å². The number of methoxy groups -OCH3 is 2. The van der Waals surface area contributed by atoms with Gasteiger partial charge < -0.3 is 24.1 Å². The molecule has 1 aliphatic heterocycles. The van der Waals surface area contributed by atoms with E-state index in [4.69, 9.17) is 26.1 Å². The number of carboxylic acid groups (broad SMARTS) is 2. The number of carboxylic acids is 2. The lowest BCUT2D eigenvalue weighted by Gasteiger charge is -2.56. The molecule has 5 aliphatic rings. The van der Waals surface area contributed by atoms with Crippen LogP contribution in [0.2, 0.25) is 0 Å². The molecule has 4 bridgehead atoms. The molecule has 9 nitrogen and oxygen atoms in total. The average molecular weight is 626 g/mol. The van der Waals surface area contributed by atoms with Crippen molar-refractivity contribution in [2.75, 3.05) is 14.2 Å². The molecule has 5 fully saturated rings. The number of carbonyl (C=O) groups excluding carboxylic acids is 1. The molecule has 0 spiro atoms. The van der Waals surface area contributed by atoms with Crippen molar-refractivity contribution in [1.82, 2.24) is 4.90 Å². The van der Waals surface area contributed by atoms with Gasteiger partial charge in [0.1, 0.15) is 27.3 Å². The van der Waals surface area contributed by atoms with Gasteiger partial charge in [0.2, 0.25) is 0 Å². The van der Waals surface area contributed by atoms with Gasteiger partial charge in [0.25, 0.3) is 5.91 Å². The molecule has 43 heavy (non-hydrogen) atoms. The molecule has 1 aromatic heterocycles. The second kappa shape index (κ2) is 12.0. The number of nitrogens with zero attached hydrogens (tertiary/aromatic N) is 1. The first kappa shape index (κ1) is 29.7. The molecule has 2 aromatic rings. The Morgan fingerprint density at radius 2 is 1.74 bits per heavy atom. The smallest absolute Gasteiger partial charge is 0.317 e.